The highest BCUT2D eigenvalue weighted by Crippen LogP contribution is 2.21. The second-order valence-corrected chi connectivity index (χ2v) is 8.50. The van der Waals surface area contributed by atoms with Crippen LogP contribution in [0.25, 0.3) is 0 Å². The van der Waals surface area contributed by atoms with Gasteiger partial charge in [-0.25, -0.2) is 4.98 Å². The van der Waals surface area contributed by atoms with Crippen LogP contribution in [0, 0.1) is 0 Å². The topological polar surface area (TPSA) is 64.7 Å². The van der Waals surface area contributed by atoms with Gasteiger partial charge >= 0.3 is 0 Å². The molecule has 0 bridgehead atoms. The molecule has 0 unspecified atom stereocenters. The molecule has 2 aliphatic rings. The molecule has 0 radical (unpaired) electrons. The first kappa shape index (κ1) is 19.9. The van der Waals surface area contributed by atoms with Crippen molar-refractivity contribution >= 4 is 11.6 Å². The molecule has 1 saturated heterocycles. The van der Waals surface area contributed by atoms with E-state index in [0.717, 1.165) is 43.9 Å². The van der Waals surface area contributed by atoms with E-state index in [9.17, 15) is 4.79 Å². The van der Waals surface area contributed by atoms with Gasteiger partial charge in [0.25, 0.3) is 5.56 Å². The van der Waals surface area contributed by atoms with E-state index in [-0.39, 0.29) is 17.8 Å². The zero-order chi connectivity index (χ0) is 20.5. The van der Waals surface area contributed by atoms with Gasteiger partial charge in [-0.1, -0.05) is 12.1 Å². The number of aromatic nitrogens is 2. The van der Waals surface area contributed by atoms with Gasteiger partial charge in [0.1, 0.15) is 0 Å². The molecule has 1 aromatic carbocycles. The molecule has 0 aliphatic carbocycles. The van der Waals surface area contributed by atoms with Crippen molar-refractivity contribution in [3.05, 3.63) is 51.4 Å². The van der Waals surface area contributed by atoms with Gasteiger partial charge in [0.2, 0.25) is 5.95 Å². The molecule has 2 aromatic rings. The molecule has 1 N–H and O–H groups in total. The van der Waals surface area contributed by atoms with Crippen LogP contribution in [-0.2, 0) is 24.2 Å². The van der Waals surface area contributed by atoms with Crippen LogP contribution in [0.2, 0.25) is 0 Å². The third kappa shape index (κ3) is 4.46. The van der Waals surface area contributed by atoms with Gasteiger partial charge in [-0.05, 0) is 38.0 Å². The zero-order valence-corrected chi connectivity index (χ0v) is 17.8. The number of benzene rings is 1. The fraction of sp³-hybridized carbons (Fsp3) is 0.545. The summed E-state index contributed by atoms with van der Waals surface area (Å²) in [6.07, 6.45) is 0.993. The van der Waals surface area contributed by atoms with Crippen LogP contribution in [0.15, 0.2) is 29.1 Å². The van der Waals surface area contributed by atoms with Gasteiger partial charge in [0, 0.05) is 58.1 Å². The van der Waals surface area contributed by atoms with Crippen molar-refractivity contribution in [3.8, 4) is 0 Å². The Hall–Kier alpha value is -2.38. The highest BCUT2D eigenvalue weighted by Gasteiger charge is 2.27. The summed E-state index contributed by atoms with van der Waals surface area (Å²) in [7, 11) is 4.10. The molecule has 3 heterocycles. The smallest absolute Gasteiger partial charge is 0.255 e. The molecule has 4 rings (SSSR count). The Kier molecular flexibility index (Phi) is 5.61. The molecule has 1 aromatic heterocycles. The van der Waals surface area contributed by atoms with Crippen LogP contribution in [0.3, 0.4) is 0 Å². The summed E-state index contributed by atoms with van der Waals surface area (Å²) < 4.78 is 5.81. The van der Waals surface area contributed by atoms with Crippen molar-refractivity contribution < 1.29 is 4.74 Å². The minimum absolute atomic E-state index is 0.00628. The van der Waals surface area contributed by atoms with Gasteiger partial charge in [-0.15, -0.1) is 0 Å². The fourth-order valence-electron chi connectivity index (χ4n) is 4.27. The van der Waals surface area contributed by atoms with Gasteiger partial charge in [0.15, 0.2) is 0 Å². The molecule has 0 amide bonds. The average molecular weight is 398 g/mol. The van der Waals surface area contributed by atoms with Crippen LogP contribution in [-0.4, -0.2) is 60.8 Å². The summed E-state index contributed by atoms with van der Waals surface area (Å²) in [5, 5.41) is 0. The Labute approximate surface area is 172 Å². The summed E-state index contributed by atoms with van der Waals surface area (Å²) >= 11 is 0. The molecule has 29 heavy (non-hydrogen) atoms. The number of ether oxygens (including phenoxy) is 1. The maximum Gasteiger partial charge on any atom is 0.255 e. The summed E-state index contributed by atoms with van der Waals surface area (Å²) in [6, 6.07) is 8.65. The third-order valence-electron chi connectivity index (χ3n) is 5.72. The Balaban J connectivity index is 1.50. The molecule has 2 aliphatic heterocycles. The van der Waals surface area contributed by atoms with E-state index < -0.39 is 0 Å². The Morgan fingerprint density at radius 1 is 1.17 bits per heavy atom. The lowest BCUT2D eigenvalue weighted by Crippen LogP contribution is -2.47. The van der Waals surface area contributed by atoms with Crippen LogP contribution in [0.5, 0.6) is 0 Å². The van der Waals surface area contributed by atoms with Gasteiger partial charge in [-0.2, -0.15) is 0 Å². The summed E-state index contributed by atoms with van der Waals surface area (Å²) in [4.78, 5) is 27.2. The quantitative estimate of drug-likeness (QED) is 0.852. The van der Waals surface area contributed by atoms with E-state index in [1.54, 1.807) is 0 Å². The van der Waals surface area contributed by atoms with Crippen LogP contribution >= 0.6 is 0 Å². The Morgan fingerprint density at radius 3 is 2.52 bits per heavy atom. The molecular weight excluding hydrogens is 366 g/mol. The van der Waals surface area contributed by atoms with Crippen LogP contribution in [0.4, 0.5) is 11.6 Å². The standard InChI is InChI=1S/C22H31N5O2/c1-15-11-27(12-16(2)29-15)22-23-20-14-26(10-9-19(20)21(28)24-22)13-17-5-7-18(8-6-17)25(3)4/h5-8,15-16H,9-14H2,1-4H3,(H,23,24,28)/t15-,16+. The first-order valence-corrected chi connectivity index (χ1v) is 10.4. The number of fused-ring (bicyclic) bond motifs is 1. The predicted molar refractivity (Wildman–Crippen MR) is 116 cm³/mol. The van der Waals surface area contributed by atoms with E-state index in [2.05, 4.69) is 57.8 Å². The number of hydrogen-bond acceptors (Lipinski definition) is 6. The molecule has 2 atom stereocenters. The van der Waals surface area contributed by atoms with Crippen molar-refractivity contribution in [2.24, 2.45) is 0 Å². The van der Waals surface area contributed by atoms with Gasteiger partial charge in [0.05, 0.1) is 17.9 Å². The SMILES string of the molecule is C[C@@H]1CN(c2nc3c(c(=O)[nH]2)CCN(Cc2ccc(N(C)C)cc2)C3)C[C@H](C)O1. The number of nitrogens with one attached hydrogen (secondary N) is 1. The first-order valence-electron chi connectivity index (χ1n) is 10.4. The van der Waals surface area contributed by atoms with Crippen molar-refractivity contribution in [2.45, 2.75) is 45.6 Å². The Bertz CT molecular complexity index is 898. The number of rotatable bonds is 4. The minimum atomic E-state index is 0.00628. The van der Waals surface area contributed by atoms with Gasteiger partial charge < -0.3 is 14.5 Å². The second-order valence-electron chi connectivity index (χ2n) is 8.50. The zero-order valence-electron chi connectivity index (χ0n) is 17.8. The highest BCUT2D eigenvalue weighted by atomic mass is 16.5. The molecule has 156 valence electrons. The summed E-state index contributed by atoms with van der Waals surface area (Å²) in [5.41, 5.74) is 4.23. The lowest BCUT2D eigenvalue weighted by atomic mass is 10.1. The third-order valence-corrected chi connectivity index (χ3v) is 5.72. The highest BCUT2D eigenvalue weighted by molar-refractivity contribution is 5.46. The number of nitrogens with zero attached hydrogens (tertiary/aromatic N) is 4. The van der Waals surface area contributed by atoms with Crippen molar-refractivity contribution in [3.63, 3.8) is 0 Å². The molecule has 1 fully saturated rings. The van der Waals surface area contributed by atoms with Crippen molar-refractivity contribution in [2.75, 3.05) is 43.5 Å². The molecular formula is C22H31N5O2. The molecule has 0 saturated carbocycles. The van der Waals surface area contributed by atoms with E-state index in [0.29, 0.717) is 12.5 Å². The number of anilines is 2. The van der Waals surface area contributed by atoms with Crippen LogP contribution in [0.1, 0.15) is 30.7 Å². The minimum Gasteiger partial charge on any atom is -0.378 e. The maximum atomic E-state index is 12.7. The molecule has 0 spiro atoms. The Morgan fingerprint density at radius 2 is 1.86 bits per heavy atom. The molecule has 7 nitrogen and oxygen atoms in total. The van der Waals surface area contributed by atoms with E-state index >= 15 is 0 Å². The van der Waals surface area contributed by atoms with E-state index in [1.165, 1.54) is 11.3 Å². The lowest BCUT2D eigenvalue weighted by Gasteiger charge is -2.36. The van der Waals surface area contributed by atoms with Gasteiger partial charge in [-0.3, -0.25) is 14.7 Å². The largest absolute Gasteiger partial charge is 0.378 e. The lowest BCUT2D eigenvalue weighted by molar-refractivity contribution is -0.00576. The summed E-state index contributed by atoms with van der Waals surface area (Å²) in [6.45, 7) is 8.05. The van der Waals surface area contributed by atoms with Crippen molar-refractivity contribution in [1.82, 2.24) is 14.9 Å². The monoisotopic (exact) mass is 397 g/mol. The average Bonchev–Trinajstić information content (AvgIpc) is 2.67. The number of hydrogen-bond donors (Lipinski definition) is 1. The normalized spacial score (nSPS) is 22.4. The second kappa shape index (κ2) is 8.16. The fourth-order valence-corrected chi connectivity index (χ4v) is 4.27. The van der Waals surface area contributed by atoms with E-state index in [1.807, 2.05) is 14.1 Å². The number of aromatic amines is 1. The summed E-state index contributed by atoms with van der Waals surface area (Å²) in [5.74, 6) is 0.674. The predicted octanol–water partition coefficient (Wildman–Crippen LogP) is 2.01. The number of morpholine rings is 1. The van der Waals surface area contributed by atoms with Crippen molar-refractivity contribution in [1.29, 1.82) is 0 Å². The number of H-pyrrole nitrogens is 1. The van der Waals surface area contributed by atoms with E-state index in [4.69, 9.17) is 9.72 Å². The molecule has 7 heteroatoms. The van der Waals surface area contributed by atoms with Crippen LogP contribution < -0.4 is 15.4 Å². The first-order chi connectivity index (χ1) is 13.9. The maximum absolute atomic E-state index is 12.7.